The minimum Gasteiger partial charge on any atom is -0.484 e. The van der Waals surface area contributed by atoms with Gasteiger partial charge in [-0.3, -0.25) is 9.59 Å². The molecule has 1 amide bonds. The molecule has 0 saturated carbocycles. The first-order valence-electron chi connectivity index (χ1n) is 11.1. The largest absolute Gasteiger partial charge is 0.484 e. The van der Waals surface area contributed by atoms with E-state index in [0.717, 1.165) is 27.1 Å². The highest BCUT2D eigenvalue weighted by atomic mass is 79.9. The standard InChI is InChI=1S/C26H26BrN5O3/c1-15(2)25-30-23-10-5-19(27)12-22(23)26(34)32(25)29-13-18-11-16(3)31(17(18)4)20-6-8-21(9-7-20)35-14-24(28)33/h5-13,15H,14H2,1-4H3,(H2,28,33). The van der Waals surface area contributed by atoms with Gasteiger partial charge in [-0.15, -0.1) is 0 Å². The first kappa shape index (κ1) is 24.4. The van der Waals surface area contributed by atoms with Crippen LogP contribution >= 0.6 is 15.9 Å². The molecule has 4 rings (SSSR count). The van der Waals surface area contributed by atoms with Crippen LogP contribution in [0, 0.1) is 13.8 Å². The molecule has 2 aromatic heterocycles. The number of carbonyl (C=O) groups excluding carboxylic acids is 1. The molecule has 9 heteroatoms. The first-order chi connectivity index (χ1) is 16.7. The van der Waals surface area contributed by atoms with Crippen molar-refractivity contribution in [2.75, 3.05) is 6.61 Å². The van der Waals surface area contributed by atoms with Crippen LogP contribution in [0.25, 0.3) is 16.6 Å². The third-order valence-corrected chi connectivity index (χ3v) is 6.10. The lowest BCUT2D eigenvalue weighted by molar-refractivity contribution is -0.119. The van der Waals surface area contributed by atoms with Crippen molar-refractivity contribution in [3.63, 3.8) is 0 Å². The molecule has 0 atom stereocenters. The number of primary amides is 1. The topological polar surface area (TPSA) is 104 Å². The van der Waals surface area contributed by atoms with E-state index >= 15 is 0 Å². The van der Waals surface area contributed by atoms with Gasteiger partial charge in [0.1, 0.15) is 11.6 Å². The lowest BCUT2D eigenvalue weighted by atomic mass is 10.2. The smallest absolute Gasteiger partial charge is 0.282 e. The van der Waals surface area contributed by atoms with Crippen LogP contribution in [0.15, 0.2) is 62.9 Å². The number of amides is 1. The van der Waals surface area contributed by atoms with Gasteiger partial charge in [0.25, 0.3) is 11.5 Å². The second-order valence-electron chi connectivity index (χ2n) is 8.56. The van der Waals surface area contributed by atoms with Crippen molar-refractivity contribution < 1.29 is 9.53 Å². The average molecular weight is 536 g/mol. The van der Waals surface area contributed by atoms with Crippen molar-refractivity contribution in [1.29, 1.82) is 0 Å². The highest BCUT2D eigenvalue weighted by Crippen LogP contribution is 2.23. The first-order valence-corrected chi connectivity index (χ1v) is 11.9. The average Bonchev–Trinajstić information content (AvgIpc) is 3.10. The predicted molar refractivity (Wildman–Crippen MR) is 141 cm³/mol. The molecule has 0 spiro atoms. The summed E-state index contributed by atoms with van der Waals surface area (Å²) in [5.74, 6) is 0.647. The van der Waals surface area contributed by atoms with Crippen LogP contribution < -0.4 is 16.0 Å². The van der Waals surface area contributed by atoms with E-state index in [9.17, 15) is 9.59 Å². The van der Waals surface area contributed by atoms with Gasteiger partial charge in [-0.2, -0.15) is 9.78 Å². The van der Waals surface area contributed by atoms with Gasteiger partial charge in [0.2, 0.25) is 0 Å². The summed E-state index contributed by atoms with van der Waals surface area (Å²) in [6.45, 7) is 7.80. The van der Waals surface area contributed by atoms with Gasteiger partial charge in [-0.05, 0) is 62.4 Å². The summed E-state index contributed by atoms with van der Waals surface area (Å²) in [4.78, 5) is 28.9. The molecule has 0 unspecified atom stereocenters. The molecule has 0 fully saturated rings. The molecule has 0 aliphatic rings. The molecule has 2 N–H and O–H groups in total. The Kier molecular flexibility index (Phi) is 6.88. The Morgan fingerprint density at radius 2 is 1.89 bits per heavy atom. The molecule has 0 radical (unpaired) electrons. The van der Waals surface area contributed by atoms with Gasteiger partial charge in [0.15, 0.2) is 6.61 Å². The van der Waals surface area contributed by atoms with Gasteiger partial charge < -0.3 is 15.0 Å². The number of nitrogens with zero attached hydrogens (tertiary/aromatic N) is 4. The highest BCUT2D eigenvalue weighted by Gasteiger charge is 2.15. The van der Waals surface area contributed by atoms with E-state index in [1.54, 1.807) is 24.4 Å². The van der Waals surface area contributed by atoms with Crippen LogP contribution in [0.5, 0.6) is 5.75 Å². The number of halogens is 1. The van der Waals surface area contributed by atoms with Gasteiger partial charge >= 0.3 is 0 Å². The lowest BCUT2D eigenvalue weighted by Crippen LogP contribution is -2.23. The highest BCUT2D eigenvalue weighted by molar-refractivity contribution is 9.10. The molecule has 2 heterocycles. The van der Waals surface area contributed by atoms with E-state index in [0.29, 0.717) is 22.5 Å². The number of nitrogens with two attached hydrogens (primary N) is 1. The predicted octanol–water partition coefficient (Wildman–Crippen LogP) is 4.44. The maximum absolute atomic E-state index is 13.3. The minimum absolute atomic E-state index is 0.00984. The van der Waals surface area contributed by atoms with Crippen LogP contribution in [-0.4, -0.2) is 33.0 Å². The van der Waals surface area contributed by atoms with Crippen molar-refractivity contribution in [1.82, 2.24) is 14.2 Å². The third kappa shape index (κ3) is 5.05. The zero-order chi connectivity index (χ0) is 25.3. The van der Waals surface area contributed by atoms with Crippen LogP contribution in [0.2, 0.25) is 0 Å². The molecule has 0 saturated heterocycles. The summed E-state index contributed by atoms with van der Waals surface area (Å²) in [5.41, 5.74) is 9.36. The molecular formula is C26H26BrN5O3. The Morgan fingerprint density at radius 3 is 2.54 bits per heavy atom. The van der Waals surface area contributed by atoms with Gasteiger partial charge in [0, 0.05) is 33.0 Å². The Labute approximate surface area is 211 Å². The van der Waals surface area contributed by atoms with Gasteiger partial charge in [0.05, 0.1) is 17.1 Å². The van der Waals surface area contributed by atoms with Gasteiger partial charge in [-0.25, -0.2) is 4.98 Å². The summed E-state index contributed by atoms with van der Waals surface area (Å²) in [7, 11) is 0. The molecule has 180 valence electrons. The van der Waals surface area contributed by atoms with Crippen molar-refractivity contribution >= 4 is 39.0 Å². The Morgan fingerprint density at radius 1 is 1.17 bits per heavy atom. The number of carbonyl (C=O) groups is 1. The molecule has 0 aliphatic heterocycles. The fraction of sp³-hybridized carbons (Fsp3) is 0.231. The number of ether oxygens (including phenoxy) is 1. The summed E-state index contributed by atoms with van der Waals surface area (Å²) in [6, 6.07) is 14.9. The van der Waals surface area contributed by atoms with Crippen molar-refractivity contribution in [3.05, 3.63) is 86.1 Å². The molecule has 0 aliphatic carbocycles. The van der Waals surface area contributed by atoms with Crippen LogP contribution in [0.3, 0.4) is 0 Å². The Hall–Kier alpha value is -3.72. The second kappa shape index (κ2) is 9.87. The third-order valence-electron chi connectivity index (χ3n) is 5.61. The normalized spacial score (nSPS) is 11.6. The molecule has 4 aromatic rings. The lowest BCUT2D eigenvalue weighted by Gasteiger charge is -2.12. The maximum atomic E-state index is 13.3. The Bertz CT molecular complexity index is 1500. The van der Waals surface area contributed by atoms with E-state index in [-0.39, 0.29) is 18.1 Å². The maximum Gasteiger partial charge on any atom is 0.282 e. The minimum atomic E-state index is -0.524. The summed E-state index contributed by atoms with van der Waals surface area (Å²) in [5, 5.41) is 5.07. The number of fused-ring (bicyclic) bond motifs is 1. The fourth-order valence-electron chi connectivity index (χ4n) is 3.93. The Balaban J connectivity index is 1.71. The van der Waals surface area contributed by atoms with Crippen molar-refractivity contribution in [2.45, 2.75) is 33.6 Å². The quantitative estimate of drug-likeness (QED) is 0.353. The molecule has 0 bridgehead atoms. The summed E-state index contributed by atoms with van der Waals surface area (Å²) < 4.78 is 9.63. The SMILES string of the molecule is Cc1cc(C=Nn2c(C(C)C)nc3ccc(Br)cc3c2=O)c(C)n1-c1ccc(OCC(N)=O)cc1. The van der Waals surface area contributed by atoms with E-state index in [2.05, 4.69) is 25.6 Å². The number of hydrogen-bond acceptors (Lipinski definition) is 5. The van der Waals surface area contributed by atoms with E-state index in [4.69, 9.17) is 15.5 Å². The number of benzene rings is 2. The number of aryl methyl sites for hydroxylation is 1. The molecule has 2 aromatic carbocycles. The van der Waals surface area contributed by atoms with Gasteiger partial charge in [-0.1, -0.05) is 29.8 Å². The number of hydrogen-bond donors (Lipinski definition) is 1. The van der Waals surface area contributed by atoms with Crippen molar-refractivity contribution in [3.8, 4) is 11.4 Å². The zero-order valence-electron chi connectivity index (χ0n) is 19.9. The van der Waals surface area contributed by atoms with Crippen molar-refractivity contribution in [2.24, 2.45) is 10.8 Å². The van der Waals surface area contributed by atoms with Crippen LogP contribution in [0.4, 0.5) is 0 Å². The molecule has 35 heavy (non-hydrogen) atoms. The number of aromatic nitrogens is 3. The zero-order valence-corrected chi connectivity index (χ0v) is 21.5. The number of rotatable bonds is 7. The fourth-order valence-corrected chi connectivity index (χ4v) is 4.29. The van der Waals surface area contributed by atoms with E-state index in [1.165, 1.54) is 4.68 Å². The molecular weight excluding hydrogens is 510 g/mol. The van der Waals surface area contributed by atoms with E-state index < -0.39 is 5.91 Å². The summed E-state index contributed by atoms with van der Waals surface area (Å²) >= 11 is 3.43. The van der Waals surface area contributed by atoms with Crippen LogP contribution in [-0.2, 0) is 4.79 Å². The monoisotopic (exact) mass is 535 g/mol. The van der Waals surface area contributed by atoms with Crippen LogP contribution in [0.1, 0.15) is 42.5 Å². The summed E-state index contributed by atoms with van der Waals surface area (Å²) in [6.07, 6.45) is 1.70. The molecule has 8 nitrogen and oxygen atoms in total. The second-order valence-corrected chi connectivity index (χ2v) is 9.47. The van der Waals surface area contributed by atoms with E-state index in [1.807, 2.05) is 58.0 Å².